The Morgan fingerprint density at radius 2 is 1.95 bits per heavy atom. The Labute approximate surface area is 124 Å². The van der Waals surface area contributed by atoms with Crippen LogP contribution < -0.4 is 10.5 Å². The lowest BCUT2D eigenvalue weighted by atomic mass is 10.3. The Bertz CT molecular complexity index is 1020. The maximum Gasteiger partial charge on any atom is 0.419 e. The van der Waals surface area contributed by atoms with Crippen LogP contribution in [0.15, 0.2) is 56.6 Å². The minimum Gasteiger partial charge on any atom is -0.408 e. The van der Waals surface area contributed by atoms with Crippen LogP contribution in [0.5, 0.6) is 0 Å². The van der Waals surface area contributed by atoms with E-state index in [0.717, 1.165) is 6.07 Å². The van der Waals surface area contributed by atoms with E-state index in [1.54, 1.807) is 0 Å². The van der Waals surface area contributed by atoms with Crippen molar-refractivity contribution in [3.63, 3.8) is 0 Å². The molecule has 0 aliphatic carbocycles. The summed E-state index contributed by atoms with van der Waals surface area (Å²) in [6.45, 7) is 0. The van der Waals surface area contributed by atoms with Crippen LogP contribution in [0, 0.1) is 5.82 Å². The molecule has 3 aromatic rings. The van der Waals surface area contributed by atoms with Crippen molar-refractivity contribution in [1.82, 2.24) is 4.57 Å². The molecule has 2 aromatic carbocycles. The Balaban J connectivity index is 2.05. The third kappa shape index (κ3) is 2.48. The topological polar surface area (TPSA) is 81.3 Å². The van der Waals surface area contributed by atoms with E-state index in [4.69, 9.17) is 4.42 Å². The first kappa shape index (κ1) is 14.3. The predicted molar refractivity (Wildman–Crippen MR) is 78.7 cm³/mol. The van der Waals surface area contributed by atoms with E-state index in [1.807, 2.05) is 0 Å². The fourth-order valence-electron chi connectivity index (χ4n) is 2.04. The molecule has 6 nitrogen and oxygen atoms in total. The molecule has 0 amide bonds. The van der Waals surface area contributed by atoms with E-state index in [1.165, 1.54) is 48.0 Å². The summed E-state index contributed by atoms with van der Waals surface area (Å²) < 4.78 is 46.2. The number of benzene rings is 2. The van der Waals surface area contributed by atoms with Crippen LogP contribution in [0.2, 0.25) is 0 Å². The van der Waals surface area contributed by atoms with Crippen LogP contribution in [-0.4, -0.2) is 13.0 Å². The van der Waals surface area contributed by atoms with E-state index in [9.17, 15) is 17.6 Å². The number of nitrogens with one attached hydrogen (secondary N) is 1. The van der Waals surface area contributed by atoms with Crippen molar-refractivity contribution >= 4 is 26.8 Å². The van der Waals surface area contributed by atoms with Gasteiger partial charge in [0.15, 0.2) is 5.58 Å². The fourth-order valence-corrected chi connectivity index (χ4v) is 3.11. The van der Waals surface area contributed by atoms with Crippen LogP contribution in [0.25, 0.3) is 11.1 Å². The van der Waals surface area contributed by atoms with Gasteiger partial charge in [-0.1, -0.05) is 6.07 Å². The van der Waals surface area contributed by atoms with E-state index in [0.29, 0.717) is 5.52 Å². The summed E-state index contributed by atoms with van der Waals surface area (Å²) in [5.74, 6) is -1.13. The Morgan fingerprint density at radius 1 is 1.18 bits per heavy atom. The largest absolute Gasteiger partial charge is 0.419 e. The lowest BCUT2D eigenvalue weighted by Crippen LogP contribution is -2.13. The second-order valence-corrected chi connectivity index (χ2v) is 6.35. The van der Waals surface area contributed by atoms with Crippen molar-refractivity contribution in [3.05, 3.63) is 58.8 Å². The van der Waals surface area contributed by atoms with Gasteiger partial charge in [-0.25, -0.2) is 17.6 Å². The summed E-state index contributed by atoms with van der Waals surface area (Å²) in [7, 11) is -2.43. The Hall–Kier alpha value is -2.61. The van der Waals surface area contributed by atoms with Gasteiger partial charge in [-0.05, 0) is 36.4 Å². The average Bonchev–Trinajstić information content (AvgIpc) is 2.73. The van der Waals surface area contributed by atoms with Crippen molar-refractivity contribution in [3.8, 4) is 0 Å². The van der Waals surface area contributed by atoms with Gasteiger partial charge in [0.05, 0.1) is 16.1 Å². The molecule has 0 atom stereocenters. The number of fused-ring (bicyclic) bond motifs is 1. The van der Waals surface area contributed by atoms with Crippen molar-refractivity contribution in [2.24, 2.45) is 7.05 Å². The molecule has 0 bridgehead atoms. The molecule has 1 N–H and O–H groups in total. The highest BCUT2D eigenvalue weighted by atomic mass is 32.2. The zero-order valence-corrected chi connectivity index (χ0v) is 12.2. The molecule has 114 valence electrons. The summed E-state index contributed by atoms with van der Waals surface area (Å²) in [6.07, 6.45) is 0. The van der Waals surface area contributed by atoms with Crippen LogP contribution >= 0.6 is 0 Å². The second-order valence-electron chi connectivity index (χ2n) is 4.67. The molecule has 1 aromatic heterocycles. The number of hydrogen-bond donors (Lipinski definition) is 1. The van der Waals surface area contributed by atoms with E-state index >= 15 is 0 Å². The second kappa shape index (κ2) is 4.99. The minimum absolute atomic E-state index is 0.0549. The molecule has 0 aliphatic rings. The number of oxazole rings is 1. The van der Waals surface area contributed by atoms with E-state index in [2.05, 4.69) is 4.72 Å². The average molecular weight is 322 g/mol. The van der Waals surface area contributed by atoms with Gasteiger partial charge in [-0.3, -0.25) is 9.29 Å². The number of hydrogen-bond acceptors (Lipinski definition) is 4. The first-order valence-electron chi connectivity index (χ1n) is 6.25. The van der Waals surface area contributed by atoms with Crippen molar-refractivity contribution in [2.45, 2.75) is 4.90 Å². The summed E-state index contributed by atoms with van der Waals surface area (Å²) in [5, 5.41) is 0. The standard InChI is InChI=1S/C14H11FN2O4S/c1-17-12-8-11(5-6-13(12)21-14(17)18)22(19,20)16-10-4-2-3-9(15)7-10/h2-8,16H,1H3. The summed E-state index contributed by atoms with van der Waals surface area (Å²) in [6, 6.07) is 9.16. The monoisotopic (exact) mass is 322 g/mol. The lowest BCUT2D eigenvalue weighted by Gasteiger charge is -2.08. The van der Waals surface area contributed by atoms with Crippen LogP contribution in [0.4, 0.5) is 10.1 Å². The fraction of sp³-hybridized carbons (Fsp3) is 0.0714. The highest BCUT2D eigenvalue weighted by Crippen LogP contribution is 2.21. The SMILES string of the molecule is Cn1c(=O)oc2ccc(S(=O)(=O)Nc3cccc(F)c3)cc21. The summed E-state index contributed by atoms with van der Waals surface area (Å²) in [5.41, 5.74) is 0.755. The molecular formula is C14H11FN2O4S. The third-order valence-electron chi connectivity index (χ3n) is 3.15. The molecule has 3 rings (SSSR count). The van der Waals surface area contributed by atoms with Gasteiger partial charge in [0.25, 0.3) is 10.0 Å². The number of sulfonamides is 1. The smallest absolute Gasteiger partial charge is 0.408 e. The molecule has 0 unspecified atom stereocenters. The number of halogens is 1. The van der Waals surface area contributed by atoms with Gasteiger partial charge in [0, 0.05) is 7.05 Å². The number of aryl methyl sites for hydroxylation is 1. The molecule has 0 saturated carbocycles. The normalized spacial score (nSPS) is 11.7. The molecule has 0 aliphatic heterocycles. The van der Waals surface area contributed by atoms with E-state index in [-0.39, 0.29) is 16.2 Å². The quantitative estimate of drug-likeness (QED) is 0.800. The molecular weight excluding hydrogens is 311 g/mol. The van der Waals surface area contributed by atoms with Crippen LogP contribution in [0.3, 0.4) is 0 Å². The van der Waals surface area contributed by atoms with Crippen molar-refractivity contribution in [2.75, 3.05) is 4.72 Å². The summed E-state index contributed by atoms with van der Waals surface area (Å²) >= 11 is 0. The van der Waals surface area contributed by atoms with Crippen LogP contribution in [-0.2, 0) is 17.1 Å². The summed E-state index contributed by atoms with van der Waals surface area (Å²) in [4.78, 5) is 11.4. The van der Waals surface area contributed by atoms with Crippen molar-refractivity contribution in [1.29, 1.82) is 0 Å². The minimum atomic E-state index is -3.90. The Morgan fingerprint density at radius 3 is 2.68 bits per heavy atom. The zero-order valence-electron chi connectivity index (χ0n) is 11.4. The number of aromatic nitrogens is 1. The third-order valence-corrected chi connectivity index (χ3v) is 4.53. The molecule has 1 heterocycles. The van der Waals surface area contributed by atoms with Gasteiger partial charge in [0.1, 0.15) is 5.82 Å². The highest BCUT2D eigenvalue weighted by Gasteiger charge is 2.17. The lowest BCUT2D eigenvalue weighted by molar-refractivity contribution is 0.528. The van der Waals surface area contributed by atoms with Gasteiger partial charge in [-0.2, -0.15) is 0 Å². The van der Waals surface area contributed by atoms with E-state index < -0.39 is 21.6 Å². The highest BCUT2D eigenvalue weighted by molar-refractivity contribution is 7.92. The first-order chi connectivity index (χ1) is 10.4. The Kier molecular flexibility index (Phi) is 3.25. The molecule has 8 heteroatoms. The molecule has 0 saturated heterocycles. The van der Waals surface area contributed by atoms with Gasteiger partial charge < -0.3 is 4.42 Å². The number of nitrogens with zero attached hydrogens (tertiary/aromatic N) is 1. The molecule has 0 spiro atoms. The number of rotatable bonds is 3. The number of anilines is 1. The maximum atomic E-state index is 13.1. The maximum absolute atomic E-state index is 13.1. The van der Waals surface area contributed by atoms with Crippen molar-refractivity contribution < 1.29 is 17.2 Å². The molecule has 22 heavy (non-hydrogen) atoms. The molecule has 0 radical (unpaired) electrons. The zero-order chi connectivity index (χ0) is 15.9. The van der Waals surface area contributed by atoms with Gasteiger partial charge in [0.2, 0.25) is 0 Å². The van der Waals surface area contributed by atoms with Gasteiger partial charge in [-0.15, -0.1) is 0 Å². The molecule has 0 fully saturated rings. The first-order valence-corrected chi connectivity index (χ1v) is 7.73. The van der Waals surface area contributed by atoms with Crippen LogP contribution in [0.1, 0.15) is 0 Å². The van der Waals surface area contributed by atoms with Gasteiger partial charge >= 0.3 is 5.76 Å². The predicted octanol–water partition coefficient (Wildman–Crippen LogP) is 2.07.